The Morgan fingerprint density at radius 1 is 1.67 bits per heavy atom. The minimum Gasteiger partial charge on any atom is -0.472 e. The van der Waals surface area contributed by atoms with Crippen LogP contribution in [0.4, 0.5) is 0 Å². The third-order valence-corrected chi connectivity index (χ3v) is 2.97. The molecular weight excluding hydrogens is 212 g/mol. The average molecular weight is 222 g/mol. The number of hydrogen-bond acceptors (Lipinski definition) is 5. The summed E-state index contributed by atoms with van der Waals surface area (Å²) in [6.45, 7) is 1.84. The highest BCUT2D eigenvalue weighted by Gasteiger charge is 2.15. The number of carbonyl (C=O) groups is 1. The average Bonchev–Trinajstić information content (AvgIpc) is 2.88. The van der Waals surface area contributed by atoms with E-state index in [2.05, 4.69) is 4.98 Å². The predicted octanol–water partition coefficient (Wildman–Crippen LogP) is 1.99. The third kappa shape index (κ3) is 1.98. The number of nitrogens with zero attached hydrogens (tertiary/aromatic N) is 1. The van der Waals surface area contributed by atoms with Gasteiger partial charge in [-0.15, -0.1) is 11.3 Å². The summed E-state index contributed by atoms with van der Waals surface area (Å²) in [6, 6.07) is 1.48. The number of thiazole rings is 1. The molecule has 0 spiro atoms. The fraction of sp³-hybridized carbons (Fsp3) is 0.200. The molecule has 0 bridgehead atoms. The number of nitrogens with two attached hydrogens (primary N) is 1. The Morgan fingerprint density at radius 2 is 2.47 bits per heavy atom. The zero-order chi connectivity index (χ0) is 10.8. The topological polar surface area (TPSA) is 69.1 Å². The maximum Gasteiger partial charge on any atom is 0.215 e. The summed E-state index contributed by atoms with van der Waals surface area (Å²) in [5.41, 5.74) is 6.60. The van der Waals surface area contributed by atoms with Crippen LogP contribution in [0, 0.1) is 0 Å². The summed E-state index contributed by atoms with van der Waals surface area (Å²) in [5.74, 6) is -0.132. The van der Waals surface area contributed by atoms with Gasteiger partial charge in [-0.1, -0.05) is 0 Å². The molecule has 0 amide bonds. The first-order valence-electron chi connectivity index (χ1n) is 4.46. The Kier molecular flexibility index (Phi) is 2.66. The Hall–Kier alpha value is -1.46. The van der Waals surface area contributed by atoms with Crippen molar-refractivity contribution >= 4 is 17.1 Å². The summed E-state index contributed by atoms with van der Waals surface area (Å²) >= 11 is 1.40. The standard InChI is InChI=1S/C10H10N2O2S/c1-6(11)10-12-8(5-15-10)9(13)7-2-3-14-4-7/h2-6H,11H2,1H3. The highest BCUT2D eigenvalue weighted by Crippen LogP contribution is 2.18. The van der Waals surface area contributed by atoms with Crippen LogP contribution in [0.2, 0.25) is 0 Å². The molecule has 2 heterocycles. The van der Waals surface area contributed by atoms with E-state index in [-0.39, 0.29) is 11.8 Å². The summed E-state index contributed by atoms with van der Waals surface area (Å²) in [4.78, 5) is 16.0. The lowest BCUT2D eigenvalue weighted by Crippen LogP contribution is -2.06. The van der Waals surface area contributed by atoms with Gasteiger partial charge in [0, 0.05) is 5.38 Å². The van der Waals surface area contributed by atoms with Crippen LogP contribution in [-0.4, -0.2) is 10.8 Å². The molecule has 0 aliphatic carbocycles. The summed E-state index contributed by atoms with van der Waals surface area (Å²) in [5, 5.41) is 2.48. The lowest BCUT2D eigenvalue weighted by atomic mass is 10.2. The van der Waals surface area contributed by atoms with Crippen LogP contribution < -0.4 is 5.73 Å². The SMILES string of the molecule is CC(N)c1nc(C(=O)c2ccoc2)cs1. The van der Waals surface area contributed by atoms with Gasteiger partial charge < -0.3 is 10.2 Å². The van der Waals surface area contributed by atoms with Gasteiger partial charge in [-0.05, 0) is 13.0 Å². The van der Waals surface area contributed by atoms with E-state index >= 15 is 0 Å². The van der Waals surface area contributed by atoms with Gasteiger partial charge >= 0.3 is 0 Å². The molecule has 0 aliphatic heterocycles. The Balaban J connectivity index is 2.27. The van der Waals surface area contributed by atoms with Crippen molar-refractivity contribution in [2.75, 3.05) is 0 Å². The quantitative estimate of drug-likeness (QED) is 0.806. The Bertz CT molecular complexity index is 459. The first-order valence-corrected chi connectivity index (χ1v) is 5.34. The molecule has 2 N–H and O–H groups in total. The van der Waals surface area contributed by atoms with Gasteiger partial charge in [0.1, 0.15) is 17.0 Å². The van der Waals surface area contributed by atoms with Gasteiger partial charge in [0.05, 0.1) is 17.9 Å². The zero-order valence-electron chi connectivity index (χ0n) is 8.14. The third-order valence-electron chi connectivity index (χ3n) is 1.93. The first kappa shape index (κ1) is 10.1. The van der Waals surface area contributed by atoms with Crippen molar-refractivity contribution in [1.82, 2.24) is 4.98 Å². The van der Waals surface area contributed by atoms with Crippen LogP contribution >= 0.6 is 11.3 Å². The van der Waals surface area contributed by atoms with Crippen LogP contribution in [0.25, 0.3) is 0 Å². The molecular formula is C10H10N2O2S. The number of aromatic nitrogens is 1. The van der Waals surface area contributed by atoms with Gasteiger partial charge in [0.2, 0.25) is 5.78 Å². The normalized spacial score (nSPS) is 12.7. The second-order valence-electron chi connectivity index (χ2n) is 3.20. The molecule has 1 atom stereocenters. The van der Waals surface area contributed by atoms with E-state index in [9.17, 15) is 4.79 Å². The van der Waals surface area contributed by atoms with Gasteiger partial charge in [-0.3, -0.25) is 4.79 Å². The van der Waals surface area contributed by atoms with E-state index in [0.717, 1.165) is 5.01 Å². The number of hydrogen-bond donors (Lipinski definition) is 1. The molecule has 1 unspecified atom stereocenters. The van der Waals surface area contributed by atoms with Crippen molar-refractivity contribution in [2.45, 2.75) is 13.0 Å². The van der Waals surface area contributed by atoms with Crippen LogP contribution in [0.5, 0.6) is 0 Å². The highest BCUT2D eigenvalue weighted by molar-refractivity contribution is 7.09. The smallest absolute Gasteiger partial charge is 0.215 e. The molecule has 2 rings (SSSR count). The second kappa shape index (κ2) is 3.96. The minimum absolute atomic E-state index is 0.132. The fourth-order valence-electron chi connectivity index (χ4n) is 1.14. The van der Waals surface area contributed by atoms with E-state index in [1.807, 2.05) is 6.92 Å². The molecule has 0 radical (unpaired) electrons. The van der Waals surface area contributed by atoms with Crippen molar-refractivity contribution in [3.05, 3.63) is 40.2 Å². The number of ketones is 1. The van der Waals surface area contributed by atoms with Crippen LogP contribution in [0.15, 0.2) is 28.4 Å². The number of rotatable bonds is 3. The van der Waals surface area contributed by atoms with Gasteiger partial charge in [-0.25, -0.2) is 4.98 Å². The molecule has 5 heteroatoms. The van der Waals surface area contributed by atoms with Crippen molar-refractivity contribution < 1.29 is 9.21 Å². The van der Waals surface area contributed by atoms with Crippen LogP contribution in [0.3, 0.4) is 0 Å². The minimum atomic E-state index is -0.138. The van der Waals surface area contributed by atoms with Gasteiger partial charge in [0.25, 0.3) is 0 Å². The van der Waals surface area contributed by atoms with Crippen LogP contribution in [-0.2, 0) is 0 Å². The van der Waals surface area contributed by atoms with E-state index in [1.54, 1.807) is 11.4 Å². The van der Waals surface area contributed by atoms with E-state index in [0.29, 0.717) is 11.3 Å². The van der Waals surface area contributed by atoms with Crippen molar-refractivity contribution in [1.29, 1.82) is 0 Å². The van der Waals surface area contributed by atoms with Crippen molar-refractivity contribution in [2.24, 2.45) is 5.73 Å². The zero-order valence-corrected chi connectivity index (χ0v) is 8.95. The maximum atomic E-state index is 11.8. The summed E-state index contributed by atoms with van der Waals surface area (Å²) in [6.07, 6.45) is 2.87. The van der Waals surface area contributed by atoms with Crippen LogP contribution in [0.1, 0.15) is 34.0 Å². The molecule has 2 aromatic rings. The summed E-state index contributed by atoms with van der Waals surface area (Å²) in [7, 11) is 0. The molecule has 0 aliphatic rings. The molecule has 4 nitrogen and oxygen atoms in total. The Morgan fingerprint density at radius 3 is 3.00 bits per heavy atom. The van der Waals surface area contributed by atoms with E-state index in [1.165, 1.54) is 23.9 Å². The van der Waals surface area contributed by atoms with Crippen molar-refractivity contribution in [3.63, 3.8) is 0 Å². The van der Waals surface area contributed by atoms with E-state index < -0.39 is 0 Å². The van der Waals surface area contributed by atoms with E-state index in [4.69, 9.17) is 10.2 Å². The summed E-state index contributed by atoms with van der Waals surface area (Å²) < 4.78 is 4.84. The largest absolute Gasteiger partial charge is 0.472 e. The molecule has 15 heavy (non-hydrogen) atoms. The van der Waals surface area contributed by atoms with Gasteiger partial charge in [-0.2, -0.15) is 0 Å². The molecule has 0 saturated heterocycles. The number of carbonyl (C=O) groups excluding carboxylic acids is 1. The number of furan rings is 1. The molecule has 0 saturated carbocycles. The molecule has 2 aromatic heterocycles. The molecule has 78 valence electrons. The lowest BCUT2D eigenvalue weighted by molar-refractivity contribution is 0.103. The van der Waals surface area contributed by atoms with Crippen molar-refractivity contribution in [3.8, 4) is 0 Å². The maximum absolute atomic E-state index is 11.8. The highest BCUT2D eigenvalue weighted by atomic mass is 32.1. The fourth-order valence-corrected chi connectivity index (χ4v) is 1.90. The first-order chi connectivity index (χ1) is 7.18. The van der Waals surface area contributed by atoms with Gasteiger partial charge in [0.15, 0.2) is 0 Å². The molecule has 0 aromatic carbocycles. The Labute approximate surface area is 90.7 Å². The second-order valence-corrected chi connectivity index (χ2v) is 4.09. The monoisotopic (exact) mass is 222 g/mol. The molecule has 0 fully saturated rings. The lowest BCUT2D eigenvalue weighted by Gasteiger charge is -1.96. The predicted molar refractivity (Wildman–Crippen MR) is 56.9 cm³/mol.